The van der Waals surface area contributed by atoms with Gasteiger partial charge in [-0.15, -0.1) is 0 Å². The minimum absolute atomic E-state index is 0.342. The van der Waals surface area contributed by atoms with Gasteiger partial charge in [0.05, 0.1) is 12.7 Å². The second-order valence-electron chi connectivity index (χ2n) is 3.54. The van der Waals surface area contributed by atoms with Gasteiger partial charge in [-0.2, -0.15) is 0 Å². The van der Waals surface area contributed by atoms with Crippen molar-refractivity contribution >= 4 is 0 Å². The lowest BCUT2D eigenvalue weighted by atomic mass is 10.1. The highest BCUT2D eigenvalue weighted by Crippen LogP contribution is 2.18. The Balaban J connectivity index is 2.56. The van der Waals surface area contributed by atoms with Crippen LogP contribution >= 0.6 is 0 Å². The molecule has 0 atom stereocenters. The van der Waals surface area contributed by atoms with Crippen molar-refractivity contribution in [3.63, 3.8) is 0 Å². The molecule has 0 spiro atoms. The molecule has 0 aliphatic carbocycles. The van der Waals surface area contributed by atoms with Crippen molar-refractivity contribution in [2.45, 2.75) is 0 Å². The number of hydrogen-bond acceptors (Lipinski definition) is 4. The molecule has 0 aliphatic heterocycles. The van der Waals surface area contributed by atoms with Crippen LogP contribution in [0.4, 0.5) is 0 Å². The summed E-state index contributed by atoms with van der Waals surface area (Å²) in [7, 11) is 3.09. The number of methoxy groups -OCH3 is 1. The highest BCUT2D eigenvalue weighted by Gasteiger charge is 2.07. The van der Waals surface area contributed by atoms with Gasteiger partial charge >= 0.3 is 11.4 Å². The zero-order valence-electron chi connectivity index (χ0n) is 9.47. The van der Waals surface area contributed by atoms with Gasteiger partial charge in [0.15, 0.2) is 0 Å². The van der Waals surface area contributed by atoms with Gasteiger partial charge < -0.3 is 9.15 Å². The van der Waals surface area contributed by atoms with Crippen LogP contribution in [0.3, 0.4) is 0 Å². The van der Waals surface area contributed by atoms with E-state index in [-0.39, 0.29) is 0 Å². The van der Waals surface area contributed by atoms with Gasteiger partial charge in [0.25, 0.3) is 0 Å². The Morgan fingerprint density at radius 2 is 1.82 bits per heavy atom. The third kappa shape index (κ3) is 2.13. The molecule has 2 rings (SSSR count). The molecule has 1 aromatic carbocycles. The normalized spacial score (nSPS) is 10.2. The quantitative estimate of drug-likeness (QED) is 0.776. The van der Waals surface area contributed by atoms with Crippen LogP contribution in [0.5, 0.6) is 5.75 Å². The van der Waals surface area contributed by atoms with Crippen LogP contribution in [-0.4, -0.2) is 11.7 Å². The largest absolute Gasteiger partial charge is 0.497 e. The number of ether oxygens (including phenoxy) is 1. The van der Waals surface area contributed by atoms with Crippen molar-refractivity contribution in [1.29, 1.82) is 0 Å². The van der Waals surface area contributed by atoms with Crippen molar-refractivity contribution in [3.8, 4) is 16.9 Å². The average molecular weight is 233 g/mol. The van der Waals surface area contributed by atoms with Crippen molar-refractivity contribution in [3.05, 3.63) is 51.4 Å². The zero-order valence-corrected chi connectivity index (χ0v) is 9.47. The molecule has 0 unspecified atom stereocenters. The van der Waals surface area contributed by atoms with E-state index in [2.05, 4.69) is 4.42 Å². The van der Waals surface area contributed by atoms with Crippen LogP contribution in [0.25, 0.3) is 11.1 Å². The zero-order chi connectivity index (χ0) is 12.4. The third-order valence-corrected chi connectivity index (χ3v) is 2.41. The first kappa shape index (κ1) is 11.2. The summed E-state index contributed by atoms with van der Waals surface area (Å²) in [4.78, 5) is 22.6. The molecule has 88 valence electrons. The van der Waals surface area contributed by atoms with Crippen molar-refractivity contribution < 1.29 is 9.15 Å². The maximum Gasteiger partial charge on any atom is 0.421 e. The summed E-state index contributed by atoms with van der Waals surface area (Å²) in [6.07, 6.45) is 1.45. The molecule has 0 fully saturated rings. The van der Waals surface area contributed by atoms with E-state index >= 15 is 0 Å². The molecule has 0 radical (unpaired) electrons. The van der Waals surface area contributed by atoms with Crippen LogP contribution in [-0.2, 0) is 7.05 Å². The Hall–Kier alpha value is -2.30. The highest BCUT2D eigenvalue weighted by molar-refractivity contribution is 5.61. The van der Waals surface area contributed by atoms with Gasteiger partial charge in [-0.05, 0) is 17.7 Å². The van der Waals surface area contributed by atoms with E-state index < -0.39 is 11.4 Å². The van der Waals surface area contributed by atoms with Gasteiger partial charge in [0, 0.05) is 13.2 Å². The molecule has 17 heavy (non-hydrogen) atoms. The number of benzene rings is 1. The highest BCUT2D eigenvalue weighted by atomic mass is 16.5. The summed E-state index contributed by atoms with van der Waals surface area (Å²) in [5, 5.41) is 0. The van der Waals surface area contributed by atoms with Crippen molar-refractivity contribution in [2.24, 2.45) is 7.05 Å². The van der Waals surface area contributed by atoms with E-state index in [4.69, 9.17) is 4.74 Å². The molecular weight excluding hydrogens is 222 g/mol. The number of rotatable bonds is 2. The van der Waals surface area contributed by atoms with Crippen LogP contribution in [0.2, 0.25) is 0 Å². The fourth-order valence-electron chi connectivity index (χ4n) is 1.47. The monoisotopic (exact) mass is 233 g/mol. The molecule has 0 amide bonds. The van der Waals surface area contributed by atoms with Gasteiger partial charge in [-0.1, -0.05) is 12.1 Å². The molecular formula is C12H11NO4. The average Bonchev–Trinajstić information content (AvgIpc) is 2.34. The predicted molar refractivity (Wildman–Crippen MR) is 62.2 cm³/mol. The Labute approximate surface area is 96.9 Å². The Kier molecular flexibility index (Phi) is 2.82. The second kappa shape index (κ2) is 4.29. The lowest BCUT2D eigenvalue weighted by Crippen LogP contribution is -2.22. The Morgan fingerprint density at radius 3 is 2.41 bits per heavy atom. The van der Waals surface area contributed by atoms with E-state index in [0.29, 0.717) is 16.9 Å². The first-order valence-corrected chi connectivity index (χ1v) is 4.97. The van der Waals surface area contributed by atoms with Crippen LogP contribution in [0.15, 0.2) is 44.5 Å². The summed E-state index contributed by atoms with van der Waals surface area (Å²) in [5.41, 5.74) is 0.378. The summed E-state index contributed by atoms with van der Waals surface area (Å²) >= 11 is 0. The summed E-state index contributed by atoms with van der Waals surface area (Å²) in [5.74, 6) is 0.0234. The standard InChI is InChI=1S/C12H11NO4/c1-13-7-10(11(14)17-12(13)15)8-3-5-9(16-2)6-4-8/h3-7H,1-2H3. The topological polar surface area (TPSA) is 61.4 Å². The summed E-state index contributed by atoms with van der Waals surface area (Å²) < 4.78 is 10.8. The van der Waals surface area contributed by atoms with Gasteiger partial charge in [-0.25, -0.2) is 9.59 Å². The Morgan fingerprint density at radius 1 is 1.18 bits per heavy atom. The fourth-order valence-corrected chi connectivity index (χ4v) is 1.47. The van der Waals surface area contributed by atoms with Crippen LogP contribution in [0.1, 0.15) is 0 Å². The lowest BCUT2D eigenvalue weighted by Gasteiger charge is -2.03. The maximum atomic E-state index is 11.5. The van der Waals surface area contributed by atoms with Gasteiger partial charge in [0.2, 0.25) is 0 Å². The number of hydrogen-bond donors (Lipinski definition) is 0. The van der Waals surface area contributed by atoms with Crippen LogP contribution < -0.4 is 16.1 Å². The number of aryl methyl sites for hydroxylation is 1. The molecule has 5 nitrogen and oxygen atoms in total. The van der Waals surface area contributed by atoms with E-state index in [1.807, 2.05) is 0 Å². The second-order valence-corrected chi connectivity index (χ2v) is 3.54. The molecule has 1 aromatic heterocycles. The van der Waals surface area contributed by atoms with E-state index in [0.717, 1.165) is 0 Å². The minimum Gasteiger partial charge on any atom is -0.497 e. The molecule has 0 saturated heterocycles. The summed E-state index contributed by atoms with van der Waals surface area (Å²) in [6, 6.07) is 6.94. The molecule has 0 aliphatic rings. The van der Waals surface area contributed by atoms with E-state index in [1.165, 1.54) is 17.8 Å². The first-order valence-electron chi connectivity index (χ1n) is 4.97. The molecule has 2 aromatic rings. The third-order valence-electron chi connectivity index (χ3n) is 2.41. The van der Waals surface area contributed by atoms with Crippen LogP contribution in [0, 0.1) is 0 Å². The fraction of sp³-hybridized carbons (Fsp3) is 0.167. The first-order chi connectivity index (χ1) is 8.11. The SMILES string of the molecule is COc1ccc(-c2cn(C)c(=O)oc2=O)cc1. The van der Waals surface area contributed by atoms with Crippen molar-refractivity contribution in [1.82, 2.24) is 4.57 Å². The molecule has 0 N–H and O–H groups in total. The number of nitrogens with zero attached hydrogens (tertiary/aromatic N) is 1. The molecule has 1 heterocycles. The smallest absolute Gasteiger partial charge is 0.421 e. The minimum atomic E-state index is -0.674. The molecule has 0 saturated carbocycles. The summed E-state index contributed by atoms with van der Waals surface area (Å²) in [6.45, 7) is 0. The predicted octanol–water partition coefficient (Wildman–Crippen LogP) is 1.01. The Bertz CT molecular complexity index is 637. The molecule has 0 bridgehead atoms. The van der Waals surface area contributed by atoms with Gasteiger partial charge in [0.1, 0.15) is 5.75 Å². The lowest BCUT2D eigenvalue weighted by molar-refractivity contribution is 0.414. The van der Waals surface area contributed by atoms with Crippen molar-refractivity contribution in [2.75, 3.05) is 7.11 Å². The van der Waals surface area contributed by atoms with Gasteiger partial charge in [-0.3, -0.25) is 4.57 Å². The number of aromatic nitrogens is 1. The maximum absolute atomic E-state index is 11.5. The molecule has 5 heteroatoms. The van der Waals surface area contributed by atoms with E-state index in [1.54, 1.807) is 31.4 Å². The van der Waals surface area contributed by atoms with E-state index in [9.17, 15) is 9.59 Å².